The van der Waals surface area contributed by atoms with Gasteiger partial charge in [-0.15, -0.1) is 0 Å². The molecule has 8 heteroatoms. The van der Waals surface area contributed by atoms with Crippen molar-refractivity contribution in [3.8, 4) is 0 Å². The zero-order valence-electron chi connectivity index (χ0n) is 23.1. The zero-order valence-corrected chi connectivity index (χ0v) is 23.1. The lowest BCUT2D eigenvalue weighted by molar-refractivity contribution is -0.126. The Morgan fingerprint density at radius 2 is 1.62 bits per heavy atom. The van der Waals surface area contributed by atoms with E-state index in [4.69, 9.17) is 5.73 Å². The smallest absolute Gasteiger partial charge is 0.265 e. The van der Waals surface area contributed by atoms with E-state index >= 15 is 0 Å². The molecule has 1 saturated carbocycles. The van der Waals surface area contributed by atoms with Gasteiger partial charge in [-0.2, -0.15) is 0 Å². The molecule has 3 N–H and O–H groups in total. The van der Waals surface area contributed by atoms with Crippen LogP contribution in [0.3, 0.4) is 0 Å². The van der Waals surface area contributed by atoms with E-state index in [0.29, 0.717) is 18.0 Å². The fourth-order valence-corrected chi connectivity index (χ4v) is 6.79. The number of hydroxylamine groups is 2. The first-order chi connectivity index (χ1) is 18.7. The maximum absolute atomic E-state index is 14.1. The van der Waals surface area contributed by atoms with Crippen molar-refractivity contribution in [3.63, 3.8) is 0 Å². The van der Waals surface area contributed by atoms with E-state index in [1.165, 1.54) is 12.8 Å². The summed E-state index contributed by atoms with van der Waals surface area (Å²) in [6, 6.07) is 3.60. The van der Waals surface area contributed by atoms with Crippen LogP contribution in [0.2, 0.25) is 0 Å². The summed E-state index contributed by atoms with van der Waals surface area (Å²) in [4.78, 5) is 33.1. The molecule has 2 atom stereocenters. The van der Waals surface area contributed by atoms with Gasteiger partial charge in [0.15, 0.2) is 0 Å². The Morgan fingerprint density at radius 3 is 2.23 bits per heavy atom. The quantitative estimate of drug-likeness (QED) is 0.531. The third kappa shape index (κ3) is 5.49. The first-order valence-electron chi connectivity index (χ1n) is 14.0. The average molecular weight is 530 g/mol. The van der Waals surface area contributed by atoms with E-state index in [1.54, 1.807) is 18.5 Å². The van der Waals surface area contributed by atoms with Gasteiger partial charge in [-0.3, -0.25) is 19.7 Å². The van der Waals surface area contributed by atoms with Crippen LogP contribution in [-0.2, 0) is 11.3 Å². The summed E-state index contributed by atoms with van der Waals surface area (Å²) >= 11 is 0. The lowest BCUT2D eigenvalue weighted by Gasteiger charge is -2.41. The van der Waals surface area contributed by atoms with Crippen molar-refractivity contribution in [2.45, 2.75) is 65.0 Å². The van der Waals surface area contributed by atoms with Crippen LogP contribution in [0.5, 0.6) is 0 Å². The molecular weight excluding hydrogens is 490 g/mol. The lowest BCUT2D eigenvalue weighted by atomic mass is 9.78. The maximum atomic E-state index is 14.1. The molecule has 2 aliphatic carbocycles. The van der Waals surface area contributed by atoms with Crippen LogP contribution in [0.15, 0.2) is 76.1 Å². The second-order valence-corrected chi connectivity index (χ2v) is 11.2. The minimum atomic E-state index is -0.440. The van der Waals surface area contributed by atoms with Crippen LogP contribution in [0.1, 0.15) is 74.6 Å². The highest BCUT2D eigenvalue weighted by molar-refractivity contribution is 6.11. The van der Waals surface area contributed by atoms with Crippen LogP contribution in [0.4, 0.5) is 0 Å². The molecule has 4 aliphatic rings. The molecule has 1 aromatic rings. The number of aromatic nitrogens is 1. The van der Waals surface area contributed by atoms with E-state index in [-0.39, 0.29) is 23.8 Å². The van der Waals surface area contributed by atoms with Gasteiger partial charge in [0.2, 0.25) is 0 Å². The van der Waals surface area contributed by atoms with Gasteiger partial charge >= 0.3 is 0 Å². The number of fused-ring (bicyclic) bond motifs is 1. The van der Waals surface area contributed by atoms with Gasteiger partial charge in [0.05, 0.1) is 17.7 Å². The first kappa shape index (κ1) is 27.1. The van der Waals surface area contributed by atoms with E-state index in [9.17, 15) is 14.8 Å². The number of carbonyl (C=O) groups excluding carboxylic acids is 2. The molecular formula is C31H39N5O3. The topological polar surface area (TPSA) is 104 Å². The SMILES string of the molecule is CC1=CN(O)C=C(C)C1=C1C=CC(=NC(=O)[C@@H](C2CCCCCC2)[C@H]2c3ccc(C(N)=O)n3CCN2C)C=C1. The van der Waals surface area contributed by atoms with E-state index in [1.807, 2.05) is 48.8 Å². The summed E-state index contributed by atoms with van der Waals surface area (Å²) in [5.41, 5.74) is 11.8. The lowest BCUT2D eigenvalue weighted by Crippen LogP contribution is -2.44. The summed E-state index contributed by atoms with van der Waals surface area (Å²) in [5, 5.41) is 10.9. The fourth-order valence-electron chi connectivity index (χ4n) is 6.79. The number of hydrogen-bond donors (Lipinski definition) is 2. The number of primary amides is 1. The summed E-state index contributed by atoms with van der Waals surface area (Å²) in [5.74, 6) is -0.616. The Balaban J connectivity index is 1.48. The molecule has 2 amide bonds. The molecule has 0 bridgehead atoms. The van der Waals surface area contributed by atoms with Gasteiger partial charge in [-0.25, -0.2) is 10.1 Å². The molecule has 1 aromatic heterocycles. The second-order valence-electron chi connectivity index (χ2n) is 11.2. The Kier molecular flexibility index (Phi) is 7.86. The normalized spacial score (nSPS) is 23.2. The summed E-state index contributed by atoms with van der Waals surface area (Å²) in [6.45, 7) is 5.34. The average Bonchev–Trinajstić information content (AvgIpc) is 3.14. The highest BCUT2D eigenvalue weighted by Gasteiger charge is 2.42. The van der Waals surface area contributed by atoms with Crippen LogP contribution >= 0.6 is 0 Å². The highest BCUT2D eigenvalue weighted by atomic mass is 16.5. The number of rotatable bonds is 4. The van der Waals surface area contributed by atoms with E-state index in [2.05, 4.69) is 16.9 Å². The largest absolute Gasteiger partial charge is 0.364 e. The van der Waals surface area contributed by atoms with Crippen LogP contribution in [0.25, 0.3) is 0 Å². The number of allylic oxidation sites excluding steroid dienone is 8. The van der Waals surface area contributed by atoms with Gasteiger partial charge in [0, 0.05) is 31.2 Å². The molecule has 206 valence electrons. The molecule has 0 radical (unpaired) electrons. The van der Waals surface area contributed by atoms with Gasteiger partial charge < -0.3 is 10.3 Å². The number of hydrogen-bond acceptors (Lipinski definition) is 5. The van der Waals surface area contributed by atoms with Crippen molar-refractivity contribution in [1.82, 2.24) is 14.5 Å². The summed E-state index contributed by atoms with van der Waals surface area (Å²) < 4.78 is 2.00. The van der Waals surface area contributed by atoms with Crippen molar-refractivity contribution < 1.29 is 14.8 Å². The molecule has 0 aromatic carbocycles. The van der Waals surface area contributed by atoms with Gasteiger partial charge in [0.25, 0.3) is 11.8 Å². The van der Waals surface area contributed by atoms with Crippen molar-refractivity contribution in [3.05, 3.63) is 82.5 Å². The molecule has 0 saturated heterocycles. The predicted molar refractivity (Wildman–Crippen MR) is 152 cm³/mol. The van der Waals surface area contributed by atoms with Crippen LogP contribution < -0.4 is 5.73 Å². The zero-order chi connectivity index (χ0) is 27.7. The Morgan fingerprint density at radius 1 is 0.974 bits per heavy atom. The second kappa shape index (κ2) is 11.3. The monoisotopic (exact) mass is 529 g/mol. The van der Waals surface area contributed by atoms with Gasteiger partial charge in [-0.05, 0) is 86.2 Å². The highest BCUT2D eigenvalue weighted by Crippen LogP contribution is 2.42. The van der Waals surface area contributed by atoms with Crippen LogP contribution in [0, 0.1) is 11.8 Å². The first-order valence-corrected chi connectivity index (χ1v) is 14.0. The van der Waals surface area contributed by atoms with Crippen molar-refractivity contribution in [2.24, 2.45) is 22.6 Å². The fraction of sp³-hybridized carbons (Fsp3) is 0.452. The number of amides is 2. The Bertz CT molecular complexity index is 1290. The molecule has 0 spiro atoms. The number of aliphatic imine (C=N–C) groups is 1. The molecule has 39 heavy (non-hydrogen) atoms. The molecule has 1 fully saturated rings. The third-order valence-electron chi connectivity index (χ3n) is 8.59. The molecule has 0 unspecified atom stereocenters. The third-order valence-corrected chi connectivity index (χ3v) is 8.59. The van der Waals surface area contributed by atoms with Gasteiger partial charge in [0.1, 0.15) is 5.69 Å². The summed E-state index contributed by atoms with van der Waals surface area (Å²) in [7, 11) is 2.07. The number of nitrogens with two attached hydrogens (primary N) is 1. The maximum Gasteiger partial charge on any atom is 0.265 e. The van der Waals surface area contributed by atoms with E-state index in [0.717, 1.165) is 65.3 Å². The Labute approximate surface area is 230 Å². The van der Waals surface area contributed by atoms with Crippen LogP contribution in [-0.4, -0.2) is 50.9 Å². The van der Waals surface area contributed by atoms with Crippen molar-refractivity contribution in [1.29, 1.82) is 0 Å². The standard InChI is InChI=1S/C31H39N5O3/c1-20-18-35(39)19-21(2)27(20)23-10-12-24(13-11-23)33-31(38)28(22-8-6-4-5-7-9-22)29-25-14-15-26(30(32)37)36(25)17-16-34(29)3/h10-15,18-19,22,28-29,39H,4-9,16-17H2,1-3H3,(H2,32,37)/t28-,29+/m0/s1. The number of nitrogens with zero attached hydrogens (tertiary/aromatic N) is 4. The van der Waals surface area contributed by atoms with Crippen molar-refractivity contribution >= 4 is 17.5 Å². The molecule has 2 aliphatic heterocycles. The van der Waals surface area contributed by atoms with Crippen molar-refractivity contribution in [2.75, 3.05) is 13.6 Å². The molecule has 8 nitrogen and oxygen atoms in total. The van der Waals surface area contributed by atoms with E-state index < -0.39 is 5.91 Å². The molecule has 3 heterocycles. The predicted octanol–water partition coefficient (Wildman–Crippen LogP) is 5.06. The minimum Gasteiger partial charge on any atom is -0.364 e. The molecule has 5 rings (SSSR count). The summed E-state index contributed by atoms with van der Waals surface area (Å²) in [6.07, 6.45) is 17.8. The Hall–Kier alpha value is -3.49. The number of carbonyl (C=O) groups is 2. The number of likely N-dealkylation sites (N-methyl/N-ethyl adjacent to an activating group) is 1. The van der Waals surface area contributed by atoms with Gasteiger partial charge in [-0.1, -0.05) is 37.8 Å². The minimum absolute atomic E-state index is 0.102.